The highest BCUT2D eigenvalue weighted by atomic mass is 15.0. The lowest BCUT2D eigenvalue weighted by atomic mass is 9.96. The molecule has 302 valence electrons. The molecule has 10 heteroatoms. The molecule has 0 aliphatic rings. The van der Waals surface area contributed by atoms with Crippen LogP contribution in [0.15, 0.2) is 170 Å². The smallest absolute Gasteiger partial charge is 0.188 e. The summed E-state index contributed by atoms with van der Waals surface area (Å²) in [5.74, 6) is 1.47. The predicted octanol–water partition coefficient (Wildman–Crippen LogP) is 13.5. The van der Waals surface area contributed by atoms with Gasteiger partial charge in [-0.15, -0.1) is 0 Å². The summed E-state index contributed by atoms with van der Waals surface area (Å²) in [6.45, 7) is 15.7. The summed E-state index contributed by atoms with van der Waals surface area (Å²) in [5.41, 5.74) is 10.9. The SMILES string of the molecule is [C-]#[N+]c1ccc2c(c1)c1cc([N+]#[C-])ccc1n2-c1ccc(-c2nc(-c3ccccc3)nc(-c3ccccc3)n2)cc1-c1ccc(C#N)cc1-n1c2ccc(C#N)cc2c2cc(C#N)ccc21. The molecule has 0 saturated carbocycles. The Kier molecular flexibility index (Phi) is 9.17. The molecule has 0 N–H and O–H groups in total. The van der Waals surface area contributed by atoms with Gasteiger partial charge < -0.3 is 9.13 Å². The molecule has 3 heterocycles. The van der Waals surface area contributed by atoms with Gasteiger partial charge in [0.2, 0.25) is 0 Å². The number of rotatable bonds is 6. The van der Waals surface area contributed by atoms with Crippen LogP contribution in [0.5, 0.6) is 0 Å². The average Bonchev–Trinajstić information content (AvgIpc) is 3.89. The van der Waals surface area contributed by atoms with E-state index in [2.05, 4.69) is 43.1 Å². The van der Waals surface area contributed by atoms with Crippen molar-refractivity contribution in [2.45, 2.75) is 0 Å². The van der Waals surface area contributed by atoms with Crippen molar-refractivity contribution in [3.8, 4) is 74.9 Å². The average molecular weight is 841 g/mol. The Morgan fingerprint density at radius 1 is 0.379 bits per heavy atom. The van der Waals surface area contributed by atoms with Crippen molar-refractivity contribution < 1.29 is 0 Å². The third-order valence-electron chi connectivity index (χ3n) is 11.9. The van der Waals surface area contributed by atoms with E-state index in [0.717, 1.165) is 71.6 Å². The summed E-state index contributed by atoms with van der Waals surface area (Å²) < 4.78 is 4.23. The van der Waals surface area contributed by atoms with E-state index in [9.17, 15) is 15.8 Å². The van der Waals surface area contributed by atoms with Gasteiger partial charge in [0.1, 0.15) is 0 Å². The molecule has 3 aromatic heterocycles. The summed E-state index contributed by atoms with van der Waals surface area (Å²) in [5, 5.41) is 33.6. The largest absolute Gasteiger partial charge is 0.309 e. The molecule has 11 aromatic rings. The Hall–Kier alpha value is -10.2. The molecule has 0 fully saturated rings. The van der Waals surface area contributed by atoms with Crippen LogP contribution < -0.4 is 0 Å². The highest BCUT2D eigenvalue weighted by molar-refractivity contribution is 6.13. The fourth-order valence-electron chi connectivity index (χ4n) is 8.86. The highest BCUT2D eigenvalue weighted by Crippen LogP contribution is 2.44. The molecule has 0 radical (unpaired) electrons. The van der Waals surface area contributed by atoms with Crippen molar-refractivity contribution >= 4 is 55.0 Å². The first kappa shape index (κ1) is 38.7. The van der Waals surface area contributed by atoms with Crippen LogP contribution in [0.1, 0.15) is 16.7 Å². The number of hydrogen-bond acceptors (Lipinski definition) is 6. The molecule has 8 aromatic carbocycles. The minimum absolute atomic E-state index is 0.427. The second kappa shape index (κ2) is 15.6. The van der Waals surface area contributed by atoms with Gasteiger partial charge >= 0.3 is 0 Å². The number of aromatic nitrogens is 5. The number of nitrogens with zero attached hydrogens (tertiary/aromatic N) is 10. The lowest BCUT2D eigenvalue weighted by molar-refractivity contribution is 1.07. The van der Waals surface area contributed by atoms with Gasteiger partial charge in [-0.1, -0.05) is 78.9 Å². The van der Waals surface area contributed by atoms with Crippen molar-refractivity contribution in [1.29, 1.82) is 15.8 Å². The summed E-state index contributed by atoms with van der Waals surface area (Å²) in [4.78, 5) is 22.6. The van der Waals surface area contributed by atoms with Crippen LogP contribution in [0.2, 0.25) is 0 Å². The van der Waals surface area contributed by atoms with Gasteiger partial charge in [0.25, 0.3) is 0 Å². The van der Waals surface area contributed by atoms with Crippen LogP contribution in [-0.2, 0) is 0 Å². The van der Waals surface area contributed by atoms with E-state index >= 15 is 0 Å². The molecular weight excluding hydrogens is 813 g/mol. The van der Waals surface area contributed by atoms with Crippen LogP contribution in [-0.4, -0.2) is 24.1 Å². The van der Waals surface area contributed by atoms with E-state index in [0.29, 0.717) is 56.8 Å². The third kappa shape index (κ3) is 6.35. The number of fused-ring (bicyclic) bond motifs is 6. The first-order chi connectivity index (χ1) is 32.5. The van der Waals surface area contributed by atoms with Crippen LogP contribution >= 0.6 is 0 Å². The predicted molar refractivity (Wildman–Crippen MR) is 257 cm³/mol. The highest BCUT2D eigenvalue weighted by Gasteiger charge is 2.23. The van der Waals surface area contributed by atoms with E-state index in [1.807, 2.05) is 133 Å². The van der Waals surface area contributed by atoms with Gasteiger partial charge in [0.15, 0.2) is 28.8 Å². The lowest BCUT2D eigenvalue weighted by Gasteiger charge is -2.20. The van der Waals surface area contributed by atoms with Crippen LogP contribution in [0.25, 0.3) is 110 Å². The summed E-state index contributed by atoms with van der Waals surface area (Å²) >= 11 is 0. The van der Waals surface area contributed by atoms with Crippen molar-refractivity contribution in [1.82, 2.24) is 24.1 Å². The summed E-state index contributed by atoms with van der Waals surface area (Å²) in [7, 11) is 0. The van der Waals surface area contributed by atoms with Gasteiger partial charge in [-0.3, -0.25) is 0 Å². The lowest BCUT2D eigenvalue weighted by Crippen LogP contribution is -2.04. The molecule has 0 aliphatic heterocycles. The van der Waals surface area contributed by atoms with Gasteiger partial charge in [0.05, 0.1) is 81.5 Å². The maximum atomic E-state index is 10.4. The van der Waals surface area contributed by atoms with Gasteiger partial charge in [-0.2, -0.15) is 15.8 Å². The number of hydrogen-bond donors (Lipinski definition) is 0. The number of nitriles is 3. The summed E-state index contributed by atoms with van der Waals surface area (Å²) in [6.07, 6.45) is 0. The van der Waals surface area contributed by atoms with E-state index in [4.69, 9.17) is 28.1 Å². The minimum Gasteiger partial charge on any atom is -0.309 e. The molecule has 0 aliphatic carbocycles. The van der Waals surface area contributed by atoms with Gasteiger partial charge in [-0.25, -0.2) is 24.6 Å². The Labute approximate surface area is 377 Å². The normalized spacial score (nSPS) is 11.0. The topological polar surface area (TPSA) is 129 Å². The second-order valence-electron chi connectivity index (χ2n) is 15.6. The Balaban J connectivity index is 1.26. The zero-order valence-corrected chi connectivity index (χ0v) is 34.6. The molecule has 10 nitrogen and oxygen atoms in total. The second-order valence-corrected chi connectivity index (χ2v) is 15.6. The van der Waals surface area contributed by atoms with Crippen molar-refractivity contribution in [3.05, 3.63) is 209 Å². The molecule has 11 rings (SSSR count). The van der Waals surface area contributed by atoms with Crippen molar-refractivity contribution in [2.75, 3.05) is 0 Å². The van der Waals surface area contributed by atoms with Crippen LogP contribution in [0.4, 0.5) is 11.4 Å². The van der Waals surface area contributed by atoms with Crippen molar-refractivity contribution in [2.24, 2.45) is 0 Å². The molecule has 0 amide bonds. The molecule has 0 saturated heterocycles. The zero-order chi connectivity index (χ0) is 44.9. The minimum atomic E-state index is 0.427. The molecule has 66 heavy (non-hydrogen) atoms. The van der Waals surface area contributed by atoms with Crippen LogP contribution in [0.3, 0.4) is 0 Å². The standard InChI is InChI=1S/C56H28N10/c1-60-40-17-23-51-46(29-40)47-30-41(61-2)18-24-52(47)65(51)50-22-16-39(56-63-54(37-9-5-3-6-10-37)62-55(64-56)38-11-7-4-8-12-38)28-45(50)42-19-13-36(33-59)27-53(42)66-48-20-14-34(31-57)25-43(48)44-26-35(32-58)15-21-49(44)66/h3-30H. The maximum Gasteiger partial charge on any atom is 0.188 e. The first-order valence-corrected chi connectivity index (χ1v) is 20.7. The maximum absolute atomic E-state index is 10.4. The summed E-state index contributed by atoms with van der Waals surface area (Å²) in [6, 6.07) is 60.4. The van der Waals surface area contributed by atoms with Crippen LogP contribution in [0, 0.1) is 47.1 Å². The molecular formula is C56H28N10. The Morgan fingerprint density at radius 2 is 0.803 bits per heavy atom. The Morgan fingerprint density at radius 3 is 1.29 bits per heavy atom. The molecule has 0 spiro atoms. The molecule has 0 atom stereocenters. The van der Waals surface area contributed by atoms with Gasteiger partial charge in [-0.05, 0) is 102 Å². The third-order valence-corrected chi connectivity index (χ3v) is 11.9. The quantitative estimate of drug-likeness (QED) is 0.153. The zero-order valence-electron chi connectivity index (χ0n) is 34.6. The van der Waals surface area contributed by atoms with Gasteiger partial charge in [0, 0.05) is 38.6 Å². The van der Waals surface area contributed by atoms with E-state index in [1.165, 1.54) is 0 Å². The van der Waals surface area contributed by atoms with E-state index in [1.54, 1.807) is 30.3 Å². The van der Waals surface area contributed by atoms with E-state index < -0.39 is 0 Å². The van der Waals surface area contributed by atoms with Crippen molar-refractivity contribution in [3.63, 3.8) is 0 Å². The fraction of sp³-hybridized carbons (Fsp3) is 0. The molecule has 0 bridgehead atoms. The fourth-order valence-corrected chi connectivity index (χ4v) is 8.86. The number of benzene rings is 8. The van der Waals surface area contributed by atoms with E-state index in [-0.39, 0.29) is 0 Å². The monoisotopic (exact) mass is 840 g/mol. The Bertz CT molecular complexity index is 3850. The first-order valence-electron chi connectivity index (χ1n) is 20.7. The molecule has 0 unspecified atom stereocenters.